The van der Waals surface area contributed by atoms with Crippen LogP contribution >= 0.6 is 0 Å². The molecule has 0 aliphatic carbocycles. The van der Waals surface area contributed by atoms with Crippen LogP contribution in [0.15, 0.2) is 205 Å². The van der Waals surface area contributed by atoms with Crippen LogP contribution in [0, 0.1) is 0 Å². The maximum absolute atomic E-state index is 6.40. The molecule has 1 heterocycles. The van der Waals surface area contributed by atoms with Gasteiger partial charge in [0.15, 0.2) is 0 Å². The number of hydrogen-bond acceptors (Lipinski definition) is 2. The Morgan fingerprint density at radius 3 is 1.67 bits per heavy atom. The lowest BCUT2D eigenvalue weighted by molar-refractivity contribution is 0.670. The molecule has 10 aromatic rings. The molecule has 1 aromatic heterocycles. The number of hydrogen-bond donors (Lipinski definition) is 0. The summed E-state index contributed by atoms with van der Waals surface area (Å²) in [5, 5.41) is 7.26. The number of furan rings is 1. The van der Waals surface area contributed by atoms with Crippen molar-refractivity contribution in [1.29, 1.82) is 0 Å². The largest absolute Gasteiger partial charge is 0.455 e. The lowest BCUT2D eigenvalue weighted by Gasteiger charge is -2.26. The zero-order valence-corrected chi connectivity index (χ0v) is 28.4. The molecular weight excluding hydrogens is 631 g/mol. The highest BCUT2D eigenvalue weighted by Crippen LogP contribution is 2.41. The van der Waals surface area contributed by atoms with Crippen molar-refractivity contribution in [3.63, 3.8) is 0 Å². The van der Waals surface area contributed by atoms with Crippen molar-refractivity contribution in [3.05, 3.63) is 200 Å². The minimum absolute atomic E-state index is 0.908. The maximum Gasteiger partial charge on any atom is 0.143 e. The van der Waals surface area contributed by atoms with Crippen molar-refractivity contribution in [2.24, 2.45) is 0 Å². The third-order valence-electron chi connectivity index (χ3n) is 10.3. The van der Waals surface area contributed by atoms with Crippen molar-refractivity contribution in [2.75, 3.05) is 4.90 Å². The summed E-state index contributed by atoms with van der Waals surface area (Å²) < 4.78 is 6.40. The molecule has 0 bridgehead atoms. The Balaban J connectivity index is 1.08. The zero-order valence-electron chi connectivity index (χ0n) is 28.4. The Labute approximate surface area is 302 Å². The van der Waals surface area contributed by atoms with Gasteiger partial charge in [0.25, 0.3) is 0 Å². The summed E-state index contributed by atoms with van der Waals surface area (Å²) in [6, 6.07) is 71.7. The summed E-state index contributed by atoms with van der Waals surface area (Å²) >= 11 is 0. The molecule has 0 amide bonds. The molecule has 0 radical (unpaired) electrons. The first-order valence-electron chi connectivity index (χ1n) is 17.8. The van der Waals surface area contributed by atoms with Crippen LogP contribution in [0.25, 0.3) is 76.9 Å². The zero-order chi connectivity index (χ0) is 34.4. The van der Waals surface area contributed by atoms with E-state index in [2.05, 4.69) is 193 Å². The minimum atomic E-state index is 0.908. The van der Waals surface area contributed by atoms with Crippen molar-refractivity contribution in [2.45, 2.75) is 0 Å². The van der Waals surface area contributed by atoms with Gasteiger partial charge in [-0.1, -0.05) is 152 Å². The molecule has 10 rings (SSSR count). The summed E-state index contributed by atoms with van der Waals surface area (Å²) in [6.07, 6.45) is 0. The molecule has 52 heavy (non-hydrogen) atoms. The smallest absolute Gasteiger partial charge is 0.143 e. The standard InChI is InChI=1S/C50H33NO/c1-2-12-38-32-40(23-22-34(38)10-1)39-14-7-15-43(33-39)51(41-28-24-36(25-29-41)45-18-8-13-35-11-3-4-16-44(35)45)42-30-26-37(27-31-42)46-19-9-20-48-47-17-5-6-21-49(47)52-50(46)48/h1-33H. The molecule has 2 nitrogen and oxygen atoms in total. The Morgan fingerprint density at radius 2 is 0.865 bits per heavy atom. The molecule has 244 valence electrons. The van der Waals surface area contributed by atoms with E-state index in [1.165, 1.54) is 43.8 Å². The number of rotatable bonds is 6. The number of anilines is 3. The monoisotopic (exact) mass is 663 g/mol. The SMILES string of the molecule is c1cc(-c2ccc3ccccc3c2)cc(N(c2ccc(-c3cccc4ccccc34)cc2)c2ccc(-c3cccc4c3oc3ccccc34)cc2)c1. The van der Waals surface area contributed by atoms with Crippen LogP contribution in [0.4, 0.5) is 17.1 Å². The van der Waals surface area contributed by atoms with Crippen molar-refractivity contribution < 1.29 is 4.42 Å². The lowest BCUT2D eigenvalue weighted by atomic mass is 9.97. The van der Waals surface area contributed by atoms with Gasteiger partial charge in [0.05, 0.1) is 0 Å². The van der Waals surface area contributed by atoms with Gasteiger partial charge in [-0.05, 0) is 97.9 Å². The number of para-hydroxylation sites is 2. The third-order valence-corrected chi connectivity index (χ3v) is 10.3. The van der Waals surface area contributed by atoms with Crippen molar-refractivity contribution in [1.82, 2.24) is 0 Å². The van der Waals surface area contributed by atoms with E-state index in [-0.39, 0.29) is 0 Å². The average Bonchev–Trinajstić information content (AvgIpc) is 3.60. The average molecular weight is 664 g/mol. The molecule has 0 N–H and O–H groups in total. The van der Waals surface area contributed by atoms with Crippen LogP contribution in [0.5, 0.6) is 0 Å². The number of benzene rings is 9. The Bertz CT molecular complexity index is 2890. The molecule has 2 heteroatoms. The lowest BCUT2D eigenvalue weighted by Crippen LogP contribution is -2.10. The van der Waals surface area contributed by atoms with Crippen molar-refractivity contribution in [3.8, 4) is 33.4 Å². The van der Waals surface area contributed by atoms with Gasteiger partial charge in [-0.25, -0.2) is 0 Å². The molecule has 0 saturated carbocycles. The van der Waals surface area contributed by atoms with E-state index in [0.29, 0.717) is 0 Å². The first-order valence-corrected chi connectivity index (χ1v) is 17.8. The van der Waals surface area contributed by atoms with E-state index in [1.807, 2.05) is 12.1 Å². The molecule has 0 aliphatic heterocycles. The summed E-state index contributed by atoms with van der Waals surface area (Å²) in [7, 11) is 0. The molecule has 9 aromatic carbocycles. The van der Waals surface area contributed by atoms with E-state index in [0.717, 1.165) is 50.1 Å². The second-order valence-corrected chi connectivity index (χ2v) is 13.3. The quantitative estimate of drug-likeness (QED) is 0.176. The van der Waals surface area contributed by atoms with E-state index in [1.54, 1.807) is 0 Å². The van der Waals surface area contributed by atoms with Crippen LogP contribution in [0.1, 0.15) is 0 Å². The highest BCUT2D eigenvalue weighted by molar-refractivity contribution is 6.09. The Hall–Kier alpha value is -6.90. The minimum Gasteiger partial charge on any atom is -0.455 e. The maximum atomic E-state index is 6.40. The van der Waals surface area contributed by atoms with Gasteiger partial charge >= 0.3 is 0 Å². The molecule has 0 spiro atoms. The predicted octanol–water partition coefficient (Wildman–Crippen LogP) is 14.4. The normalized spacial score (nSPS) is 11.5. The van der Waals surface area contributed by atoms with Crippen LogP contribution in [-0.4, -0.2) is 0 Å². The van der Waals surface area contributed by atoms with E-state index < -0.39 is 0 Å². The van der Waals surface area contributed by atoms with Gasteiger partial charge in [-0.3, -0.25) is 0 Å². The number of nitrogens with zero attached hydrogens (tertiary/aromatic N) is 1. The molecule has 0 unspecified atom stereocenters. The Kier molecular flexibility index (Phi) is 7.18. The molecule has 0 saturated heterocycles. The first-order chi connectivity index (χ1) is 25.8. The van der Waals surface area contributed by atoms with Gasteiger partial charge in [0.1, 0.15) is 11.2 Å². The van der Waals surface area contributed by atoms with Gasteiger partial charge in [-0.15, -0.1) is 0 Å². The summed E-state index contributed by atoms with van der Waals surface area (Å²) in [6.45, 7) is 0. The van der Waals surface area contributed by atoms with E-state index in [9.17, 15) is 0 Å². The third kappa shape index (κ3) is 5.21. The first kappa shape index (κ1) is 30.0. The molecule has 0 aliphatic rings. The van der Waals surface area contributed by atoms with Crippen LogP contribution in [0.2, 0.25) is 0 Å². The second-order valence-electron chi connectivity index (χ2n) is 13.3. The van der Waals surface area contributed by atoms with Crippen molar-refractivity contribution >= 4 is 60.5 Å². The molecular formula is C50H33NO. The van der Waals surface area contributed by atoms with Crippen LogP contribution < -0.4 is 4.90 Å². The van der Waals surface area contributed by atoms with Gasteiger partial charge in [-0.2, -0.15) is 0 Å². The summed E-state index contributed by atoms with van der Waals surface area (Å²) in [5.41, 5.74) is 12.1. The predicted molar refractivity (Wildman–Crippen MR) is 220 cm³/mol. The van der Waals surface area contributed by atoms with E-state index >= 15 is 0 Å². The van der Waals surface area contributed by atoms with Crippen LogP contribution in [-0.2, 0) is 0 Å². The summed E-state index contributed by atoms with van der Waals surface area (Å²) in [5.74, 6) is 0. The van der Waals surface area contributed by atoms with Crippen LogP contribution in [0.3, 0.4) is 0 Å². The van der Waals surface area contributed by atoms with Gasteiger partial charge in [0, 0.05) is 33.4 Å². The molecule has 0 atom stereocenters. The highest BCUT2D eigenvalue weighted by Gasteiger charge is 2.17. The van der Waals surface area contributed by atoms with Gasteiger partial charge < -0.3 is 9.32 Å². The fourth-order valence-electron chi connectivity index (χ4n) is 7.67. The topological polar surface area (TPSA) is 16.4 Å². The van der Waals surface area contributed by atoms with E-state index in [4.69, 9.17) is 4.42 Å². The Morgan fingerprint density at radius 1 is 0.308 bits per heavy atom. The van der Waals surface area contributed by atoms with Gasteiger partial charge in [0.2, 0.25) is 0 Å². The highest BCUT2D eigenvalue weighted by atomic mass is 16.3. The number of fused-ring (bicyclic) bond motifs is 5. The molecule has 0 fully saturated rings. The summed E-state index contributed by atoms with van der Waals surface area (Å²) in [4.78, 5) is 2.35. The fourth-order valence-corrected chi connectivity index (χ4v) is 7.67. The second kappa shape index (κ2) is 12.5. The fraction of sp³-hybridized carbons (Fsp3) is 0.